The fourth-order valence-corrected chi connectivity index (χ4v) is 2.01. The molecule has 0 spiro atoms. The van der Waals surface area contributed by atoms with Gasteiger partial charge in [-0.3, -0.25) is 10.1 Å². The average molecular weight is 352 g/mol. The van der Waals surface area contributed by atoms with Crippen molar-refractivity contribution in [3.8, 4) is 0 Å². The Morgan fingerprint density at radius 3 is 2.62 bits per heavy atom. The smallest absolute Gasteiger partial charge is 0.411 e. The summed E-state index contributed by atoms with van der Waals surface area (Å²) in [5.41, 5.74) is 0.648. The van der Waals surface area contributed by atoms with Crippen LogP contribution in [0.15, 0.2) is 46.9 Å². The quantitative estimate of drug-likeness (QED) is 0.841. The van der Waals surface area contributed by atoms with Crippen molar-refractivity contribution in [3.05, 3.63) is 63.9 Å². The van der Waals surface area contributed by atoms with Gasteiger partial charge in [-0.15, -0.1) is 0 Å². The van der Waals surface area contributed by atoms with Crippen LogP contribution in [0.3, 0.4) is 0 Å². The third-order valence-electron chi connectivity index (χ3n) is 2.70. The van der Waals surface area contributed by atoms with Gasteiger partial charge in [0.05, 0.1) is 15.7 Å². The Morgan fingerprint density at radius 2 is 1.95 bits per heavy atom. The molecule has 1 N–H and O–H groups in total. The van der Waals surface area contributed by atoms with E-state index in [9.17, 15) is 14.0 Å². The van der Waals surface area contributed by atoms with Crippen LogP contribution in [-0.4, -0.2) is 12.4 Å². The van der Waals surface area contributed by atoms with E-state index in [1.54, 1.807) is 0 Å². The number of rotatable bonds is 4. The zero-order valence-corrected chi connectivity index (χ0v) is 12.4. The lowest BCUT2D eigenvalue weighted by molar-refractivity contribution is 0.112. The number of halogens is 2. The van der Waals surface area contributed by atoms with E-state index in [4.69, 9.17) is 4.74 Å². The lowest BCUT2D eigenvalue weighted by Crippen LogP contribution is -2.15. The SMILES string of the molecule is O=Cc1c(NC(=O)OCc2ccccc2)ccc(Br)c1F. The Bertz CT molecular complexity index is 661. The highest BCUT2D eigenvalue weighted by molar-refractivity contribution is 9.10. The largest absolute Gasteiger partial charge is 0.444 e. The zero-order valence-electron chi connectivity index (χ0n) is 10.8. The molecule has 4 nitrogen and oxygen atoms in total. The van der Waals surface area contributed by atoms with Gasteiger partial charge in [0.25, 0.3) is 0 Å². The second kappa shape index (κ2) is 6.99. The van der Waals surface area contributed by atoms with Gasteiger partial charge in [-0.1, -0.05) is 30.3 Å². The van der Waals surface area contributed by atoms with E-state index < -0.39 is 11.9 Å². The number of carbonyl (C=O) groups excluding carboxylic acids is 2. The van der Waals surface area contributed by atoms with Crippen LogP contribution in [-0.2, 0) is 11.3 Å². The summed E-state index contributed by atoms with van der Waals surface area (Å²) in [6.45, 7) is 0.0854. The van der Waals surface area contributed by atoms with Crippen LogP contribution in [0, 0.1) is 5.82 Å². The summed E-state index contributed by atoms with van der Waals surface area (Å²) >= 11 is 2.97. The van der Waals surface area contributed by atoms with Crippen LogP contribution in [0.25, 0.3) is 0 Å². The number of aldehydes is 1. The Morgan fingerprint density at radius 1 is 1.24 bits per heavy atom. The van der Waals surface area contributed by atoms with Gasteiger partial charge in [-0.05, 0) is 33.6 Å². The number of ether oxygens (including phenoxy) is 1. The number of carbonyl (C=O) groups is 2. The minimum Gasteiger partial charge on any atom is -0.444 e. The van der Waals surface area contributed by atoms with E-state index >= 15 is 0 Å². The lowest BCUT2D eigenvalue weighted by Gasteiger charge is -2.10. The molecule has 0 saturated carbocycles. The van der Waals surface area contributed by atoms with Gasteiger partial charge in [0, 0.05) is 0 Å². The fourth-order valence-electron chi connectivity index (χ4n) is 1.66. The van der Waals surface area contributed by atoms with E-state index in [-0.39, 0.29) is 22.3 Å². The molecule has 0 atom stereocenters. The first-order chi connectivity index (χ1) is 10.1. The minimum absolute atomic E-state index is 0.0590. The van der Waals surface area contributed by atoms with Gasteiger partial charge in [-0.2, -0.15) is 0 Å². The number of anilines is 1. The molecule has 0 aliphatic carbocycles. The second-order valence-electron chi connectivity index (χ2n) is 4.13. The molecule has 0 fully saturated rings. The van der Waals surface area contributed by atoms with Crippen LogP contribution in [0.1, 0.15) is 15.9 Å². The zero-order chi connectivity index (χ0) is 15.2. The van der Waals surface area contributed by atoms with Crippen molar-refractivity contribution >= 4 is 34.0 Å². The molecule has 0 aromatic heterocycles. The maximum atomic E-state index is 13.7. The van der Waals surface area contributed by atoms with Crippen LogP contribution in [0.4, 0.5) is 14.9 Å². The van der Waals surface area contributed by atoms with Crippen molar-refractivity contribution in [3.63, 3.8) is 0 Å². The van der Waals surface area contributed by atoms with Gasteiger partial charge in [0.2, 0.25) is 0 Å². The molecule has 0 bridgehead atoms. The molecule has 0 heterocycles. The molecule has 2 rings (SSSR count). The number of amides is 1. The first kappa shape index (κ1) is 15.2. The van der Waals surface area contributed by atoms with Crippen LogP contribution in [0.2, 0.25) is 0 Å². The van der Waals surface area contributed by atoms with Crippen molar-refractivity contribution in [2.45, 2.75) is 6.61 Å². The van der Waals surface area contributed by atoms with E-state index in [2.05, 4.69) is 21.2 Å². The molecule has 6 heteroatoms. The Balaban J connectivity index is 2.03. The molecule has 0 unspecified atom stereocenters. The molecule has 2 aromatic rings. The minimum atomic E-state index is -0.760. The van der Waals surface area contributed by atoms with E-state index in [0.29, 0.717) is 6.29 Å². The van der Waals surface area contributed by atoms with Crippen LogP contribution >= 0.6 is 15.9 Å². The van der Waals surface area contributed by atoms with Crippen molar-refractivity contribution in [1.29, 1.82) is 0 Å². The number of hydrogen-bond donors (Lipinski definition) is 1. The Hall–Kier alpha value is -2.21. The number of hydrogen-bond acceptors (Lipinski definition) is 3. The molecule has 0 radical (unpaired) electrons. The Labute approximate surface area is 129 Å². The van der Waals surface area contributed by atoms with Gasteiger partial charge in [0.15, 0.2) is 6.29 Å². The first-order valence-electron chi connectivity index (χ1n) is 6.02. The van der Waals surface area contributed by atoms with Gasteiger partial charge >= 0.3 is 6.09 Å². The highest BCUT2D eigenvalue weighted by atomic mass is 79.9. The predicted molar refractivity (Wildman–Crippen MR) is 79.7 cm³/mol. The normalized spacial score (nSPS) is 10.0. The highest BCUT2D eigenvalue weighted by Gasteiger charge is 2.14. The Kier molecular flexibility index (Phi) is 5.05. The molecule has 108 valence electrons. The lowest BCUT2D eigenvalue weighted by atomic mass is 10.2. The molecule has 21 heavy (non-hydrogen) atoms. The van der Waals surface area contributed by atoms with Crippen molar-refractivity contribution in [1.82, 2.24) is 0 Å². The summed E-state index contributed by atoms with van der Waals surface area (Å²) in [6, 6.07) is 11.9. The molecular formula is C15H11BrFNO3. The molecule has 1 amide bonds. The predicted octanol–water partition coefficient (Wildman–Crippen LogP) is 4.15. The average Bonchev–Trinajstić information content (AvgIpc) is 2.50. The number of benzene rings is 2. The summed E-state index contributed by atoms with van der Waals surface area (Å²) < 4.78 is 18.8. The monoisotopic (exact) mass is 351 g/mol. The van der Waals surface area contributed by atoms with E-state index in [1.165, 1.54) is 12.1 Å². The van der Waals surface area contributed by atoms with Crippen molar-refractivity contribution < 1.29 is 18.7 Å². The third-order valence-corrected chi connectivity index (χ3v) is 3.31. The van der Waals surface area contributed by atoms with Crippen LogP contribution in [0.5, 0.6) is 0 Å². The number of nitrogens with one attached hydrogen (secondary N) is 1. The molecule has 0 aliphatic rings. The maximum Gasteiger partial charge on any atom is 0.411 e. The van der Waals surface area contributed by atoms with E-state index in [0.717, 1.165) is 5.56 Å². The molecular weight excluding hydrogens is 341 g/mol. The molecule has 2 aromatic carbocycles. The third kappa shape index (κ3) is 3.88. The fraction of sp³-hybridized carbons (Fsp3) is 0.0667. The van der Waals surface area contributed by atoms with Crippen molar-refractivity contribution in [2.75, 3.05) is 5.32 Å². The van der Waals surface area contributed by atoms with Gasteiger partial charge < -0.3 is 4.74 Å². The van der Waals surface area contributed by atoms with Crippen molar-refractivity contribution in [2.24, 2.45) is 0 Å². The summed E-state index contributed by atoms with van der Waals surface area (Å²) in [5, 5.41) is 2.35. The highest BCUT2D eigenvalue weighted by Crippen LogP contribution is 2.24. The maximum absolute atomic E-state index is 13.7. The standard InChI is InChI=1S/C15H11BrFNO3/c16-12-6-7-13(11(8-19)14(12)17)18-15(20)21-9-10-4-2-1-3-5-10/h1-8H,9H2,(H,18,20). The van der Waals surface area contributed by atoms with Crippen LogP contribution < -0.4 is 5.32 Å². The summed E-state index contributed by atoms with van der Waals surface area (Å²) in [6.07, 6.45) is -0.420. The van der Waals surface area contributed by atoms with Gasteiger partial charge in [-0.25, -0.2) is 9.18 Å². The molecule has 0 saturated heterocycles. The van der Waals surface area contributed by atoms with Gasteiger partial charge in [0.1, 0.15) is 12.4 Å². The van der Waals surface area contributed by atoms with E-state index in [1.807, 2.05) is 30.3 Å². The summed E-state index contributed by atoms with van der Waals surface area (Å²) in [4.78, 5) is 22.6. The second-order valence-corrected chi connectivity index (χ2v) is 4.98. The first-order valence-corrected chi connectivity index (χ1v) is 6.82. The summed E-state index contributed by atoms with van der Waals surface area (Å²) in [5.74, 6) is -0.731. The summed E-state index contributed by atoms with van der Waals surface area (Å²) in [7, 11) is 0. The topological polar surface area (TPSA) is 55.4 Å². The molecule has 0 aliphatic heterocycles.